The van der Waals surface area contributed by atoms with Crippen LogP contribution in [0.2, 0.25) is 10.0 Å². The number of hydrogen-bond acceptors (Lipinski definition) is 4. The van der Waals surface area contributed by atoms with E-state index in [1.165, 1.54) is 11.3 Å². The summed E-state index contributed by atoms with van der Waals surface area (Å²) in [6.45, 7) is 0. The first-order valence-corrected chi connectivity index (χ1v) is 8.32. The molecule has 3 rings (SSSR count). The lowest BCUT2D eigenvalue weighted by Crippen LogP contribution is -2.39. The smallest absolute Gasteiger partial charge is 0.326 e. The molecule has 24 heavy (non-hydrogen) atoms. The number of anilines is 1. The molecule has 2 aromatic carbocycles. The van der Waals surface area contributed by atoms with Gasteiger partial charge in [-0.05, 0) is 24.3 Å². The maximum atomic E-state index is 12.0. The Morgan fingerprint density at radius 3 is 2.54 bits per heavy atom. The predicted octanol–water partition coefficient (Wildman–Crippen LogP) is 4.37. The molecule has 0 radical (unpaired) electrons. The van der Waals surface area contributed by atoms with Gasteiger partial charge in [-0.1, -0.05) is 52.7 Å². The van der Waals surface area contributed by atoms with Gasteiger partial charge in [-0.15, -0.1) is 0 Å². The standard InChI is InChI=1S/C15H11Cl2N5OS/c16-8-4-3-5-9(17)12(8)20-14(23)21-13(18)22-15-19-10-6-1-2-7-11(10)24-15/h1-7H,(H4,18,19,20,21,22,23). The molecule has 3 aromatic rings. The molecule has 0 unspecified atom stereocenters. The first kappa shape index (κ1) is 16.5. The number of amides is 2. The first-order valence-electron chi connectivity index (χ1n) is 6.74. The number of nitrogens with zero attached hydrogens (tertiary/aromatic N) is 2. The van der Waals surface area contributed by atoms with Gasteiger partial charge in [0.2, 0.25) is 11.1 Å². The molecule has 0 aliphatic carbocycles. The highest BCUT2D eigenvalue weighted by Gasteiger charge is 2.10. The number of carbonyl (C=O) groups excluding carboxylic acids is 1. The third-order valence-corrected chi connectivity index (χ3v) is 4.50. The lowest BCUT2D eigenvalue weighted by atomic mass is 10.3. The number of carbonyl (C=O) groups is 1. The number of rotatable bonds is 2. The number of nitrogens with two attached hydrogens (primary N) is 1. The molecule has 0 atom stereocenters. The molecule has 9 heteroatoms. The van der Waals surface area contributed by atoms with Crippen molar-refractivity contribution in [2.45, 2.75) is 0 Å². The zero-order valence-electron chi connectivity index (χ0n) is 12.1. The molecule has 0 saturated carbocycles. The van der Waals surface area contributed by atoms with E-state index in [1.807, 2.05) is 24.3 Å². The number of hydrogen-bond donors (Lipinski definition) is 3. The Kier molecular flexibility index (Phi) is 4.84. The van der Waals surface area contributed by atoms with Gasteiger partial charge in [-0.2, -0.15) is 4.99 Å². The third-order valence-electron chi connectivity index (χ3n) is 2.94. The van der Waals surface area contributed by atoms with Gasteiger partial charge in [0.25, 0.3) is 0 Å². The van der Waals surface area contributed by atoms with Crippen molar-refractivity contribution in [3.8, 4) is 0 Å². The molecule has 4 N–H and O–H groups in total. The van der Waals surface area contributed by atoms with Crippen LogP contribution < -0.4 is 16.4 Å². The van der Waals surface area contributed by atoms with E-state index in [-0.39, 0.29) is 5.96 Å². The highest BCUT2D eigenvalue weighted by atomic mass is 35.5. The van der Waals surface area contributed by atoms with Gasteiger partial charge in [0.05, 0.1) is 25.9 Å². The van der Waals surface area contributed by atoms with Crippen LogP contribution in [0.4, 0.5) is 15.6 Å². The lowest BCUT2D eigenvalue weighted by molar-refractivity contribution is 0.256. The maximum absolute atomic E-state index is 12.0. The number of nitrogens with one attached hydrogen (secondary N) is 2. The van der Waals surface area contributed by atoms with Crippen LogP contribution in [0, 0.1) is 0 Å². The van der Waals surface area contributed by atoms with Crippen LogP contribution in [0.3, 0.4) is 0 Å². The summed E-state index contributed by atoms with van der Waals surface area (Å²) < 4.78 is 0.983. The van der Waals surface area contributed by atoms with Crippen molar-refractivity contribution in [2.24, 2.45) is 10.7 Å². The number of fused-ring (bicyclic) bond motifs is 1. The monoisotopic (exact) mass is 379 g/mol. The molecule has 0 spiro atoms. The SMILES string of the molecule is NC(=Nc1nc2ccccc2s1)NC(=O)Nc1c(Cl)cccc1Cl. The minimum atomic E-state index is -0.604. The number of aliphatic imine (C=N–C) groups is 1. The zero-order chi connectivity index (χ0) is 17.1. The summed E-state index contributed by atoms with van der Waals surface area (Å²) in [5.74, 6) is -0.0882. The average Bonchev–Trinajstić information content (AvgIpc) is 2.93. The first-order chi connectivity index (χ1) is 11.5. The van der Waals surface area contributed by atoms with E-state index in [4.69, 9.17) is 28.9 Å². The second kappa shape index (κ2) is 7.04. The minimum Gasteiger partial charge on any atom is -0.369 e. The van der Waals surface area contributed by atoms with E-state index in [0.717, 1.165) is 10.2 Å². The predicted molar refractivity (Wildman–Crippen MR) is 99.5 cm³/mol. The van der Waals surface area contributed by atoms with Gasteiger partial charge in [0, 0.05) is 0 Å². The number of para-hydroxylation sites is 2. The minimum absolute atomic E-state index is 0.0882. The highest BCUT2D eigenvalue weighted by molar-refractivity contribution is 7.22. The van der Waals surface area contributed by atoms with Crippen molar-refractivity contribution in [3.05, 3.63) is 52.5 Å². The van der Waals surface area contributed by atoms with E-state index in [9.17, 15) is 4.79 Å². The number of aromatic nitrogens is 1. The van der Waals surface area contributed by atoms with Gasteiger partial charge >= 0.3 is 6.03 Å². The van der Waals surface area contributed by atoms with Crippen LogP contribution in [0.15, 0.2) is 47.5 Å². The Morgan fingerprint density at radius 2 is 1.83 bits per heavy atom. The molecule has 122 valence electrons. The molecule has 2 amide bonds. The summed E-state index contributed by atoms with van der Waals surface area (Å²) in [5, 5.41) is 6.02. The van der Waals surface area contributed by atoms with E-state index >= 15 is 0 Å². The molecule has 6 nitrogen and oxygen atoms in total. The molecule has 1 aromatic heterocycles. The lowest BCUT2D eigenvalue weighted by Gasteiger charge is -2.09. The highest BCUT2D eigenvalue weighted by Crippen LogP contribution is 2.30. The largest absolute Gasteiger partial charge is 0.369 e. The van der Waals surface area contributed by atoms with Crippen LogP contribution in [0.25, 0.3) is 10.2 Å². The topological polar surface area (TPSA) is 92.4 Å². The molecule has 0 aliphatic heterocycles. The summed E-state index contributed by atoms with van der Waals surface area (Å²) in [6, 6.07) is 11.9. The Morgan fingerprint density at radius 1 is 1.12 bits per heavy atom. The second-order valence-electron chi connectivity index (χ2n) is 4.64. The maximum Gasteiger partial charge on any atom is 0.326 e. The van der Waals surface area contributed by atoms with Crippen LogP contribution in [0.5, 0.6) is 0 Å². The molecule has 0 aliphatic rings. The van der Waals surface area contributed by atoms with Gasteiger partial charge in [0.1, 0.15) is 0 Å². The van der Waals surface area contributed by atoms with E-state index in [2.05, 4.69) is 20.6 Å². The van der Waals surface area contributed by atoms with Crippen molar-refractivity contribution < 1.29 is 4.79 Å². The second-order valence-corrected chi connectivity index (χ2v) is 6.46. The summed E-state index contributed by atoms with van der Waals surface area (Å²) in [5.41, 5.74) is 6.86. The number of halogens is 2. The summed E-state index contributed by atoms with van der Waals surface area (Å²) in [7, 11) is 0. The molecule has 0 saturated heterocycles. The fourth-order valence-electron chi connectivity index (χ4n) is 1.92. The van der Waals surface area contributed by atoms with Crippen LogP contribution in [-0.4, -0.2) is 17.0 Å². The number of thiazole rings is 1. The number of guanidine groups is 1. The van der Waals surface area contributed by atoms with E-state index in [1.54, 1.807) is 18.2 Å². The molecular formula is C15H11Cl2N5OS. The van der Waals surface area contributed by atoms with E-state index in [0.29, 0.717) is 20.9 Å². The fraction of sp³-hybridized carbons (Fsp3) is 0. The molecular weight excluding hydrogens is 369 g/mol. The summed E-state index contributed by atoms with van der Waals surface area (Å²) in [4.78, 5) is 20.4. The van der Waals surface area contributed by atoms with Crippen LogP contribution in [-0.2, 0) is 0 Å². The van der Waals surface area contributed by atoms with Crippen molar-refractivity contribution >= 4 is 67.6 Å². The Balaban J connectivity index is 1.71. The van der Waals surface area contributed by atoms with Crippen molar-refractivity contribution in [3.63, 3.8) is 0 Å². The van der Waals surface area contributed by atoms with Crippen LogP contribution >= 0.6 is 34.5 Å². The number of urea groups is 1. The zero-order valence-corrected chi connectivity index (χ0v) is 14.4. The third kappa shape index (κ3) is 3.76. The molecule has 0 bridgehead atoms. The van der Waals surface area contributed by atoms with Gasteiger partial charge in [0.15, 0.2) is 0 Å². The van der Waals surface area contributed by atoms with Crippen molar-refractivity contribution in [1.82, 2.24) is 10.3 Å². The average molecular weight is 380 g/mol. The molecule has 1 heterocycles. The van der Waals surface area contributed by atoms with Gasteiger partial charge in [-0.3, -0.25) is 5.32 Å². The quantitative estimate of drug-likeness (QED) is 0.455. The van der Waals surface area contributed by atoms with Gasteiger partial charge < -0.3 is 11.1 Å². The Hall–Kier alpha value is -2.35. The normalized spacial score (nSPS) is 11.5. The van der Waals surface area contributed by atoms with E-state index < -0.39 is 6.03 Å². The fourth-order valence-corrected chi connectivity index (χ4v) is 3.26. The van der Waals surface area contributed by atoms with Crippen LogP contribution in [0.1, 0.15) is 0 Å². The number of benzene rings is 2. The summed E-state index contributed by atoms with van der Waals surface area (Å²) >= 11 is 13.3. The van der Waals surface area contributed by atoms with Crippen molar-refractivity contribution in [2.75, 3.05) is 5.32 Å². The summed E-state index contributed by atoms with van der Waals surface area (Å²) in [6.07, 6.45) is 0. The Labute approximate surface area is 151 Å². The molecule has 0 fully saturated rings. The Bertz CT molecular complexity index is 887. The van der Waals surface area contributed by atoms with Gasteiger partial charge in [-0.25, -0.2) is 9.78 Å². The van der Waals surface area contributed by atoms with Crippen molar-refractivity contribution in [1.29, 1.82) is 0 Å².